The molecule has 0 saturated heterocycles. The highest BCUT2D eigenvalue weighted by Gasteiger charge is 2.21. The number of nitrogens with two attached hydrogens (primary N) is 1. The third kappa shape index (κ3) is 3.15. The zero-order chi connectivity index (χ0) is 14.5. The molecule has 0 aliphatic rings. The molecule has 0 aliphatic carbocycles. The van der Waals surface area contributed by atoms with E-state index in [4.69, 9.17) is 10.5 Å². The second-order valence-corrected chi connectivity index (χ2v) is 4.61. The summed E-state index contributed by atoms with van der Waals surface area (Å²) >= 11 is 0. The van der Waals surface area contributed by atoms with Gasteiger partial charge < -0.3 is 15.6 Å². The number of halogens is 1. The van der Waals surface area contributed by atoms with E-state index in [-0.39, 0.29) is 18.3 Å². The SMILES string of the molecule is COc1ccc(C(O)C(CN)c2ccc(F)cc2)cc1. The largest absolute Gasteiger partial charge is 0.497 e. The van der Waals surface area contributed by atoms with Gasteiger partial charge in [-0.25, -0.2) is 4.39 Å². The van der Waals surface area contributed by atoms with Crippen LogP contribution < -0.4 is 10.5 Å². The molecule has 2 rings (SSSR count). The van der Waals surface area contributed by atoms with Crippen molar-refractivity contribution in [2.75, 3.05) is 13.7 Å². The van der Waals surface area contributed by atoms with E-state index in [2.05, 4.69) is 0 Å². The van der Waals surface area contributed by atoms with Gasteiger partial charge in [-0.2, -0.15) is 0 Å². The Hall–Kier alpha value is -1.91. The van der Waals surface area contributed by atoms with Crippen LogP contribution in [0.3, 0.4) is 0 Å². The number of hydrogen-bond donors (Lipinski definition) is 2. The number of methoxy groups -OCH3 is 1. The van der Waals surface area contributed by atoms with Crippen molar-refractivity contribution in [2.45, 2.75) is 12.0 Å². The van der Waals surface area contributed by atoms with Gasteiger partial charge in [0.2, 0.25) is 0 Å². The van der Waals surface area contributed by atoms with E-state index in [9.17, 15) is 9.50 Å². The number of hydrogen-bond acceptors (Lipinski definition) is 3. The van der Waals surface area contributed by atoms with Gasteiger partial charge in [0.25, 0.3) is 0 Å². The molecule has 106 valence electrons. The van der Waals surface area contributed by atoms with E-state index in [1.807, 2.05) is 0 Å². The van der Waals surface area contributed by atoms with Crippen molar-refractivity contribution in [1.82, 2.24) is 0 Å². The molecule has 0 saturated carbocycles. The topological polar surface area (TPSA) is 55.5 Å². The van der Waals surface area contributed by atoms with Gasteiger partial charge in [-0.05, 0) is 35.4 Å². The van der Waals surface area contributed by atoms with E-state index >= 15 is 0 Å². The second kappa shape index (κ2) is 6.50. The van der Waals surface area contributed by atoms with Crippen molar-refractivity contribution in [3.05, 3.63) is 65.5 Å². The predicted octanol–water partition coefficient (Wildman–Crippen LogP) is 2.61. The number of aliphatic hydroxyl groups is 1. The zero-order valence-electron chi connectivity index (χ0n) is 11.3. The lowest BCUT2D eigenvalue weighted by atomic mass is 9.89. The molecule has 20 heavy (non-hydrogen) atoms. The number of rotatable bonds is 5. The Morgan fingerprint density at radius 3 is 2.10 bits per heavy atom. The quantitative estimate of drug-likeness (QED) is 0.882. The average Bonchev–Trinajstić information content (AvgIpc) is 2.50. The minimum Gasteiger partial charge on any atom is -0.497 e. The molecule has 4 heteroatoms. The van der Waals surface area contributed by atoms with Crippen molar-refractivity contribution in [2.24, 2.45) is 5.73 Å². The van der Waals surface area contributed by atoms with Crippen LogP contribution in [0.15, 0.2) is 48.5 Å². The van der Waals surface area contributed by atoms with E-state index in [0.717, 1.165) is 16.9 Å². The predicted molar refractivity (Wildman–Crippen MR) is 76.1 cm³/mol. The molecule has 3 N–H and O–H groups in total. The van der Waals surface area contributed by atoms with Crippen LogP contribution in [0.4, 0.5) is 4.39 Å². The van der Waals surface area contributed by atoms with Crippen molar-refractivity contribution in [1.29, 1.82) is 0 Å². The molecule has 0 bridgehead atoms. The summed E-state index contributed by atoms with van der Waals surface area (Å²) in [5, 5.41) is 10.5. The summed E-state index contributed by atoms with van der Waals surface area (Å²) < 4.78 is 18.0. The smallest absolute Gasteiger partial charge is 0.123 e. The molecule has 0 fully saturated rings. The normalized spacial score (nSPS) is 13.8. The molecule has 0 amide bonds. The summed E-state index contributed by atoms with van der Waals surface area (Å²) in [6.07, 6.45) is -0.739. The molecule has 0 aliphatic heterocycles. The Morgan fingerprint density at radius 1 is 1.05 bits per heavy atom. The molecule has 0 heterocycles. The fraction of sp³-hybridized carbons (Fsp3) is 0.250. The third-order valence-electron chi connectivity index (χ3n) is 3.39. The van der Waals surface area contributed by atoms with Crippen molar-refractivity contribution < 1.29 is 14.2 Å². The lowest BCUT2D eigenvalue weighted by molar-refractivity contribution is 0.147. The highest BCUT2D eigenvalue weighted by Crippen LogP contribution is 2.31. The number of ether oxygens (including phenoxy) is 1. The second-order valence-electron chi connectivity index (χ2n) is 4.61. The molecular weight excluding hydrogens is 257 g/mol. The van der Waals surface area contributed by atoms with Gasteiger partial charge in [0.1, 0.15) is 11.6 Å². The maximum atomic E-state index is 13.0. The van der Waals surface area contributed by atoms with E-state index < -0.39 is 6.10 Å². The summed E-state index contributed by atoms with van der Waals surface area (Å²) in [4.78, 5) is 0. The molecule has 2 aromatic rings. The standard InChI is InChI=1S/C16H18FNO2/c1-20-14-8-4-12(5-9-14)16(19)15(10-18)11-2-6-13(17)7-3-11/h2-9,15-16,19H,10,18H2,1H3. The van der Waals surface area contributed by atoms with Gasteiger partial charge in [-0.15, -0.1) is 0 Å². The zero-order valence-corrected chi connectivity index (χ0v) is 11.3. The van der Waals surface area contributed by atoms with Crippen molar-refractivity contribution >= 4 is 0 Å². The van der Waals surface area contributed by atoms with E-state index in [0.29, 0.717) is 0 Å². The van der Waals surface area contributed by atoms with Gasteiger partial charge >= 0.3 is 0 Å². The summed E-state index contributed by atoms with van der Waals surface area (Å²) in [7, 11) is 1.59. The highest BCUT2D eigenvalue weighted by atomic mass is 19.1. The molecule has 3 nitrogen and oxygen atoms in total. The molecule has 2 atom stereocenters. The monoisotopic (exact) mass is 275 g/mol. The summed E-state index contributed by atoms with van der Waals surface area (Å²) in [6.45, 7) is 0.277. The number of benzene rings is 2. The average molecular weight is 275 g/mol. The molecule has 0 aromatic heterocycles. The Kier molecular flexibility index (Phi) is 4.71. The maximum absolute atomic E-state index is 13.0. The van der Waals surface area contributed by atoms with Crippen molar-refractivity contribution in [3.63, 3.8) is 0 Å². The first-order valence-electron chi connectivity index (χ1n) is 6.43. The summed E-state index contributed by atoms with van der Waals surface area (Å²) in [5.41, 5.74) is 7.33. The van der Waals surface area contributed by atoms with Crippen LogP contribution in [0, 0.1) is 5.82 Å². The van der Waals surface area contributed by atoms with Gasteiger partial charge in [0.15, 0.2) is 0 Å². The van der Waals surface area contributed by atoms with E-state index in [1.165, 1.54) is 12.1 Å². The highest BCUT2D eigenvalue weighted by molar-refractivity contribution is 5.32. The molecule has 2 unspecified atom stereocenters. The summed E-state index contributed by atoms with van der Waals surface area (Å²) in [6, 6.07) is 13.2. The van der Waals surface area contributed by atoms with Gasteiger partial charge in [0, 0.05) is 12.5 Å². The lowest BCUT2D eigenvalue weighted by Crippen LogP contribution is -2.20. The van der Waals surface area contributed by atoms with Crippen LogP contribution in [-0.2, 0) is 0 Å². The van der Waals surface area contributed by atoms with Crippen LogP contribution in [0.5, 0.6) is 5.75 Å². The third-order valence-corrected chi connectivity index (χ3v) is 3.39. The minimum atomic E-state index is -0.739. The Morgan fingerprint density at radius 2 is 1.60 bits per heavy atom. The van der Waals surface area contributed by atoms with Crippen LogP contribution in [-0.4, -0.2) is 18.8 Å². The van der Waals surface area contributed by atoms with Crippen LogP contribution in [0.1, 0.15) is 23.1 Å². The number of aliphatic hydroxyl groups excluding tert-OH is 1. The van der Waals surface area contributed by atoms with Gasteiger partial charge in [0.05, 0.1) is 13.2 Å². The fourth-order valence-electron chi connectivity index (χ4n) is 2.19. The van der Waals surface area contributed by atoms with Gasteiger partial charge in [-0.3, -0.25) is 0 Å². The minimum absolute atomic E-state index is 0.274. The Balaban J connectivity index is 2.23. The molecular formula is C16H18FNO2. The Labute approximate surface area is 117 Å². The fourth-order valence-corrected chi connectivity index (χ4v) is 2.19. The maximum Gasteiger partial charge on any atom is 0.123 e. The summed E-state index contributed by atoms with van der Waals surface area (Å²) in [5.74, 6) is 0.152. The molecule has 2 aromatic carbocycles. The molecule has 0 spiro atoms. The first-order valence-corrected chi connectivity index (χ1v) is 6.43. The van der Waals surface area contributed by atoms with Crippen LogP contribution in [0.25, 0.3) is 0 Å². The van der Waals surface area contributed by atoms with Gasteiger partial charge in [-0.1, -0.05) is 24.3 Å². The first-order chi connectivity index (χ1) is 9.65. The first kappa shape index (κ1) is 14.5. The lowest BCUT2D eigenvalue weighted by Gasteiger charge is -2.22. The Bertz CT molecular complexity index is 539. The van der Waals surface area contributed by atoms with E-state index in [1.54, 1.807) is 43.5 Å². The van der Waals surface area contributed by atoms with Crippen molar-refractivity contribution in [3.8, 4) is 5.75 Å². The van der Waals surface area contributed by atoms with Crippen LogP contribution in [0.2, 0.25) is 0 Å². The molecule has 0 radical (unpaired) electrons. The van der Waals surface area contributed by atoms with Crippen LogP contribution >= 0.6 is 0 Å².